The molecular weight excluding hydrogens is 208 g/mol. The molecule has 6 heteroatoms. The first-order chi connectivity index (χ1) is 7.76. The van der Waals surface area contributed by atoms with Gasteiger partial charge < -0.3 is 20.8 Å². The van der Waals surface area contributed by atoms with E-state index < -0.39 is 6.10 Å². The minimum atomic E-state index is -0.776. The summed E-state index contributed by atoms with van der Waals surface area (Å²) in [6, 6.07) is 1.71. The van der Waals surface area contributed by atoms with Crippen molar-refractivity contribution in [2.45, 2.75) is 19.4 Å². The van der Waals surface area contributed by atoms with Crippen LogP contribution in [0.15, 0.2) is 12.3 Å². The molecule has 1 aromatic rings. The quantitative estimate of drug-likeness (QED) is 0.526. The smallest absolute Gasteiger partial charge is 0.224 e. The van der Waals surface area contributed by atoms with Crippen LogP contribution in [0.4, 0.5) is 11.8 Å². The molecular formula is C10H18N4O2. The third kappa shape index (κ3) is 4.41. The average Bonchev–Trinajstić information content (AvgIpc) is 2.34. The van der Waals surface area contributed by atoms with Crippen LogP contribution in [0.2, 0.25) is 0 Å². The van der Waals surface area contributed by atoms with E-state index >= 15 is 0 Å². The molecule has 0 radical (unpaired) electrons. The lowest BCUT2D eigenvalue weighted by Gasteiger charge is -2.10. The summed E-state index contributed by atoms with van der Waals surface area (Å²) in [5.41, 5.74) is 0. The Hall–Kier alpha value is -1.40. The van der Waals surface area contributed by atoms with Gasteiger partial charge in [-0.1, -0.05) is 6.92 Å². The fraction of sp³-hybridized carbons (Fsp3) is 0.600. The Morgan fingerprint density at radius 2 is 2.25 bits per heavy atom. The molecule has 90 valence electrons. The average molecular weight is 226 g/mol. The Morgan fingerprint density at radius 3 is 2.94 bits per heavy atom. The molecule has 6 nitrogen and oxygen atoms in total. The van der Waals surface area contributed by atoms with Gasteiger partial charge in [0.25, 0.3) is 0 Å². The Balaban J connectivity index is 2.46. The lowest BCUT2D eigenvalue weighted by atomic mass is 10.4. The zero-order valence-electron chi connectivity index (χ0n) is 9.35. The van der Waals surface area contributed by atoms with Crippen molar-refractivity contribution in [2.75, 3.05) is 30.3 Å². The van der Waals surface area contributed by atoms with Gasteiger partial charge in [-0.15, -0.1) is 0 Å². The highest BCUT2D eigenvalue weighted by molar-refractivity contribution is 5.39. The normalized spacial score (nSPS) is 12.2. The third-order valence-corrected chi connectivity index (χ3v) is 1.92. The van der Waals surface area contributed by atoms with Crippen molar-refractivity contribution >= 4 is 11.8 Å². The molecule has 0 aliphatic heterocycles. The molecule has 0 aromatic carbocycles. The molecule has 1 rings (SSSR count). The summed E-state index contributed by atoms with van der Waals surface area (Å²) in [5, 5.41) is 23.8. The zero-order chi connectivity index (χ0) is 11.8. The van der Waals surface area contributed by atoms with E-state index in [1.165, 1.54) is 0 Å². The number of aromatic nitrogens is 2. The first kappa shape index (κ1) is 12.7. The number of aliphatic hydroxyl groups excluding tert-OH is 2. The summed E-state index contributed by atoms with van der Waals surface area (Å²) >= 11 is 0. The Labute approximate surface area is 94.7 Å². The van der Waals surface area contributed by atoms with Gasteiger partial charge in [0.05, 0.1) is 12.7 Å². The minimum Gasteiger partial charge on any atom is -0.394 e. The highest BCUT2D eigenvalue weighted by Crippen LogP contribution is 2.05. The van der Waals surface area contributed by atoms with Crippen LogP contribution in [-0.2, 0) is 0 Å². The van der Waals surface area contributed by atoms with Crippen molar-refractivity contribution in [1.82, 2.24) is 9.97 Å². The summed E-state index contributed by atoms with van der Waals surface area (Å²) in [7, 11) is 0. The molecule has 0 aliphatic rings. The molecule has 1 unspecified atom stereocenters. The van der Waals surface area contributed by atoms with Crippen molar-refractivity contribution in [3.8, 4) is 0 Å². The number of nitrogens with one attached hydrogen (secondary N) is 2. The number of hydrogen-bond donors (Lipinski definition) is 4. The lowest BCUT2D eigenvalue weighted by molar-refractivity contribution is 0.105. The van der Waals surface area contributed by atoms with Crippen LogP contribution in [0.3, 0.4) is 0 Å². The van der Waals surface area contributed by atoms with Gasteiger partial charge in [0, 0.05) is 19.3 Å². The summed E-state index contributed by atoms with van der Waals surface area (Å²) < 4.78 is 0. The number of aliphatic hydroxyl groups is 2. The number of hydrogen-bond acceptors (Lipinski definition) is 6. The predicted molar refractivity (Wildman–Crippen MR) is 62.4 cm³/mol. The van der Waals surface area contributed by atoms with Crippen molar-refractivity contribution in [1.29, 1.82) is 0 Å². The van der Waals surface area contributed by atoms with E-state index in [1.54, 1.807) is 12.3 Å². The van der Waals surface area contributed by atoms with Crippen LogP contribution < -0.4 is 10.6 Å². The molecule has 0 bridgehead atoms. The molecule has 0 saturated carbocycles. The summed E-state index contributed by atoms with van der Waals surface area (Å²) in [5.74, 6) is 1.19. The van der Waals surface area contributed by atoms with Crippen molar-refractivity contribution in [3.63, 3.8) is 0 Å². The Morgan fingerprint density at radius 1 is 1.44 bits per heavy atom. The monoisotopic (exact) mass is 226 g/mol. The van der Waals surface area contributed by atoms with Crippen LogP contribution in [-0.4, -0.2) is 46.0 Å². The number of anilines is 2. The molecule has 16 heavy (non-hydrogen) atoms. The van der Waals surface area contributed by atoms with E-state index in [0.29, 0.717) is 11.8 Å². The van der Waals surface area contributed by atoms with E-state index in [4.69, 9.17) is 10.2 Å². The van der Waals surface area contributed by atoms with Gasteiger partial charge in [0.15, 0.2) is 0 Å². The fourth-order valence-corrected chi connectivity index (χ4v) is 1.07. The minimum absolute atomic E-state index is 0.265. The molecule has 0 saturated heterocycles. The zero-order valence-corrected chi connectivity index (χ0v) is 9.35. The van der Waals surface area contributed by atoms with Crippen molar-refractivity contribution < 1.29 is 10.2 Å². The van der Waals surface area contributed by atoms with Crippen LogP contribution in [0.1, 0.15) is 13.3 Å². The lowest BCUT2D eigenvalue weighted by Crippen LogP contribution is -2.23. The molecule has 1 heterocycles. The van der Waals surface area contributed by atoms with Crippen LogP contribution in [0, 0.1) is 0 Å². The highest BCUT2D eigenvalue weighted by Gasteiger charge is 2.02. The summed E-state index contributed by atoms with van der Waals surface area (Å²) in [4.78, 5) is 8.24. The first-order valence-corrected chi connectivity index (χ1v) is 5.36. The molecule has 1 atom stereocenters. The topological polar surface area (TPSA) is 90.3 Å². The number of rotatable bonds is 7. The van der Waals surface area contributed by atoms with Gasteiger partial charge in [-0.25, -0.2) is 4.98 Å². The summed E-state index contributed by atoms with van der Waals surface area (Å²) in [6.07, 6.45) is 1.87. The largest absolute Gasteiger partial charge is 0.394 e. The maximum Gasteiger partial charge on any atom is 0.224 e. The van der Waals surface area contributed by atoms with Crippen molar-refractivity contribution in [3.05, 3.63) is 12.3 Å². The van der Waals surface area contributed by atoms with Gasteiger partial charge >= 0.3 is 0 Å². The second kappa shape index (κ2) is 6.97. The molecule has 0 aliphatic carbocycles. The van der Waals surface area contributed by atoms with Crippen LogP contribution in [0.25, 0.3) is 0 Å². The van der Waals surface area contributed by atoms with E-state index in [0.717, 1.165) is 13.0 Å². The van der Waals surface area contributed by atoms with Gasteiger partial charge in [0.1, 0.15) is 5.82 Å². The van der Waals surface area contributed by atoms with E-state index in [9.17, 15) is 0 Å². The SMILES string of the molecule is CCCNc1nccc(NCC(O)CO)n1. The van der Waals surface area contributed by atoms with Crippen molar-refractivity contribution in [2.24, 2.45) is 0 Å². The van der Waals surface area contributed by atoms with Gasteiger partial charge in [0.2, 0.25) is 5.95 Å². The Bertz CT molecular complexity index is 309. The van der Waals surface area contributed by atoms with E-state index in [1.807, 2.05) is 0 Å². The molecule has 4 N–H and O–H groups in total. The maximum absolute atomic E-state index is 9.16. The Kier molecular flexibility index (Phi) is 5.52. The highest BCUT2D eigenvalue weighted by atomic mass is 16.3. The molecule has 0 spiro atoms. The predicted octanol–water partition coefficient (Wildman–Crippen LogP) is 0.0636. The van der Waals surface area contributed by atoms with Gasteiger partial charge in [-0.05, 0) is 12.5 Å². The first-order valence-electron chi connectivity index (χ1n) is 5.36. The number of nitrogens with zero attached hydrogens (tertiary/aromatic N) is 2. The standard InChI is InChI=1S/C10H18N4O2/c1-2-4-11-10-12-5-3-9(14-10)13-6-8(16)7-15/h3,5,8,15-16H,2,4,6-7H2,1H3,(H2,11,12,13,14). The molecule has 0 fully saturated rings. The third-order valence-electron chi connectivity index (χ3n) is 1.92. The van der Waals surface area contributed by atoms with Gasteiger partial charge in [-0.3, -0.25) is 0 Å². The fourth-order valence-electron chi connectivity index (χ4n) is 1.07. The van der Waals surface area contributed by atoms with Crippen LogP contribution in [0.5, 0.6) is 0 Å². The van der Waals surface area contributed by atoms with Crippen LogP contribution >= 0.6 is 0 Å². The van der Waals surface area contributed by atoms with E-state index in [-0.39, 0.29) is 13.2 Å². The second-order valence-electron chi connectivity index (χ2n) is 3.41. The molecule has 0 amide bonds. The molecule has 1 aromatic heterocycles. The van der Waals surface area contributed by atoms with E-state index in [2.05, 4.69) is 27.5 Å². The maximum atomic E-state index is 9.16. The summed E-state index contributed by atoms with van der Waals surface area (Å²) in [6.45, 7) is 2.88. The second-order valence-corrected chi connectivity index (χ2v) is 3.41. The van der Waals surface area contributed by atoms with Gasteiger partial charge in [-0.2, -0.15) is 4.98 Å².